The van der Waals surface area contributed by atoms with Gasteiger partial charge in [0, 0.05) is 40.9 Å². The molecule has 1 aliphatic rings. The van der Waals surface area contributed by atoms with Gasteiger partial charge in [-0.05, 0) is 64.0 Å². The number of aryl methyl sites for hydroxylation is 2. The van der Waals surface area contributed by atoms with Crippen molar-refractivity contribution >= 4 is 11.6 Å². The number of pyridine rings is 1. The predicted octanol–water partition coefficient (Wildman–Crippen LogP) is 4.02. The van der Waals surface area contributed by atoms with Gasteiger partial charge >= 0.3 is 0 Å². The highest BCUT2D eigenvalue weighted by molar-refractivity contribution is 6.04. The lowest BCUT2D eigenvalue weighted by atomic mass is 10.0. The molecule has 4 rings (SSSR count). The van der Waals surface area contributed by atoms with Crippen LogP contribution in [-0.2, 0) is 0 Å². The van der Waals surface area contributed by atoms with Crippen LogP contribution in [0.1, 0.15) is 34.6 Å². The highest BCUT2D eigenvalue weighted by atomic mass is 19.1. The monoisotopic (exact) mass is 435 g/mol. The van der Waals surface area contributed by atoms with E-state index in [1.165, 1.54) is 25.4 Å². The Balaban J connectivity index is 1.61. The third-order valence-electron chi connectivity index (χ3n) is 5.56. The molecular formula is C24H26FN5O2. The summed E-state index contributed by atoms with van der Waals surface area (Å²) in [6.45, 7) is 7.50. The van der Waals surface area contributed by atoms with Gasteiger partial charge in [-0.25, -0.2) is 14.4 Å². The second-order valence-electron chi connectivity index (χ2n) is 7.87. The number of ether oxygens (including phenoxy) is 1. The molecule has 3 heterocycles. The molecule has 1 aromatic carbocycles. The summed E-state index contributed by atoms with van der Waals surface area (Å²) in [5.74, 6) is -0.299. The minimum absolute atomic E-state index is 0.146. The number of benzene rings is 1. The molecule has 1 fully saturated rings. The van der Waals surface area contributed by atoms with E-state index >= 15 is 0 Å². The standard InChI is InChI=1S/C24H26FN5O2/c1-16-23(17(2)28-15-27-16)21-12-20(29-24(31)18-11-19(25)14-26-13-18)5-6-22(21)32-10-9-30-7-3-4-8-30/h5-6,11-15H,3-4,7-10H2,1-2H3,(H,29,31). The van der Waals surface area contributed by atoms with E-state index in [2.05, 4.69) is 25.2 Å². The Morgan fingerprint density at radius 2 is 1.88 bits per heavy atom. The molecule has 0 aliphatic carbocycles. The van der Waals surface area contributed by atoms with Crippen LogP contribution in [0.15, 0.2) is 43.0 Å². The normalized spacial score (nSPS) is 13.8. The fourth-order valence-corrected chi connectivity index (χ4v) is 3.94. The molecule has 1 saturated heterocycles. The summed E-state index contributed by atoms with van der Waals surface area (Å²) in [6, 6.07) is 6.60. The Labute approximate surface area is 186 Å². The average Bonchev–Trinajstić information content (AvgIpc) is 3.28. The van der Waals surface area contributed by atoms with Crippen molar-refractivity contribution in [1.29, 1.82) is 0 Å². The van der Waals surface area contributed by atoms with Crippen LogP contribution in [0.4, 0.5) is 10.1 Å². The zero-order chi connectivity index (χ0) is 22.5. The van der Waals surface area contributed by atoms with Crippen molar-refractivity contribution in [2.24, 2.45) is 0 Å². The van der Waals surface area contributed by atoms with Gasteiger partial charge in [0.2, 0.25) is 0 Å². The van der Waals surface area contributed by atoms with Crippen molar-refractivity contribution in [3.63, 3.8) is 0 Å². The molecule has 166 valence electrons. The van der Waals surface area contributed by atoms with Crippen molar-refractivity contribution in [2.45, 2.75) is 26.7 Å². The van der Waals surface area contributed by atoms with Crippen molar-refractivity contribution in [3.8, 4) is 16.9 Å². The zero-order valence-corrected chi connectivity index (χ0v) is 18.3. The minimum atomic E-state index is -0.562. The molecule has 1 amide bonds. The SMILES string of the molecule is Cc1ncnc(C)c1-c1cc(NC(=O)c2cncc(F)c2)ccc1OCCN1CCCC1. The van der Waals surface area contributed by atoms with E-state index in [1.54, 1.807) is 6.07 Å². The number of rotatable bonds is 7. The first kappa shape index (κ1) is 21.8. The third-order valence-corrected chi connectivity index (χ3v) is 5.56. The van der Waals surface area contributed by atoms with Gasteiger partial charge in [0.1, 0.15) is 24.5 Å². The van der Waals surface area contributed by atoms with Gasteiger partial charge < -0.3 is 10.1 Å². The first-order valence-electron chi connectivity index (χ1n) is 10.7. The predicted molar refractivity (Wildman–Crippen MR) is 120 cm³/mol. The summed E-state index contributed by atoms with van der Waals surface area (Å²) in [7, 11) is 0. The van der Waals surface area contributed by atoms with Crippen LogP contribution in [0.3, 0.4) is 0 Å². The Morgan fingerprint density at radius 1 is 1.12 bits per heavy atom. The maximum atomic E-state index is 13.4. The second-order valence-corrected chi connectivity index (χ2v) is 7.87. The summed E-state index contributed by atoms with van der Waals surface area (Å²) < 4.78 is 19.6. The lowest BCUT2D eigenvalue weighted by Crippen LogP contribution is -2.25. The van der Waals surface area contributed by atoms with Crippen LogP contribution in [0, 0.1) is 19.7 Å². The Hall–Kier alpha value is -3.39. The fourth-order valence-electron chi connectivity index (χ4n) is 3.94. The van der Waals surface area contributed by atoms with Crippen LogP contribution < -0.4 is 10.1 Å². The molecule has 3 aromatic rings. The molecule has 1 aliphatic heterocycles. The van der Waals surface area contributed by atoms with Crippen LogP contribution in [0.2, 0.25) is 0 Å². The molecule has 32 heavy (non-hydrogen) atoms. The molecule has 0 spiro atoms. The number of hydrogen-bond donors (Lipinski definition) is 1. The molecular weight excluding hydrogens is 409 g/mol. The largest absolute Gasteiger partial charge is 0.492 e. The summed E-state index contributed by atoms with van der Waals surface area (Å²) >= 11 is 0. The molecule has 0 unspecified atom stereocenters. The van der Waals surface area contributed by atoms with Crippen molar-refractivity contribution < 1.29 is 13.9 Å². The summed E-state index contributed by atoms with van der Waals surface area (Å²) in [4.78, 5) is 27.4. The van der Waals surface area contributed by atoms with E-state index in [-0.39, 0.29) is 5.56 Å². The van der Waals surface area contributed by atoms with E-state index in [9.17, 15) is 9.18 Å². The summed E-state index contributed by atoms with van der Waals surface area (Å²) in [5.41, 5.74) is 4.01. The number of likely N-dealkylation sites (tertiary alicyclic amines) is 1. The molecule has 7 nitrogen and oxygen atoms in total. The van der Waals surface area contributed by atoms with Gasteiger partial charge in [-0.1, -0.05) is 0 Å². The van der Waals surface area contributed by atoms with E-state index in [1.807, 2.05) is 26.0 Å². The van der Waals surface area contributed by atoms with Gasteiger partial charge in [-0.2, -0.15) is 0 Å². The van der Waals surface area contributed by atoms with Crippen molar-refractivity contribution in [1.82, 2.24) is 19.9 Å². The molecule has 0 radical (unpaired) electrons. The van der Waals surface area contributed by atoms with E-state index < -0.39 is 11.7 Å². The Kier molecular flexibility index (Phi) is 6.70. The lowest BCUT2D eigenvalue weighted by Gasteiger charge is -2.18. The molecule has 8 heteroatoms. The average molecular weight is 436 g/mol. The molecule has 2 aromatic heterocycles. The van der Waals surface area contributed by atoms with Crippen LogP contribution in [-0.4, -0.2) is 52.0 Å². The van der Waals surface area contributed by atoms with Gasteiger partial charge in [0.15, 0.2) is 0 Å². The number of nitrogens with zero attached hydrogens (tertiary/aromatic N) is 4. The Morgan fingerprint density at radius 3 is 2.59 bits per heavy atom. The number of carbonyl (C=O) groups is 1. The number of anilines is 1. The topological polar surface area (TPSA) is 80.2 Å². The maximum absolute atomic E-state index is 13.4. The Bertz CT molecular complexity index is 1100. The van der Waals surface area contributed by atoms with Crippen molar-refractivity contribution in [3.05, 3.63) is 65.8 Å². The molecule has 0 atom stereocenters. The zero-order valence-electron chi connectivity index (χ0n) is 18.3. The van der Waals surface area contributed by atoms with Gasteiger partial charge in [0.25, 0.3) is 5.91 Å². The lowest BCUT2D eigenvalue weighted by molar-refractivity contribution is 0.102. The van der Waals surface area contributed by atoms with Gasteiger partial charge in [-0.3, -0.25) is 14.7 Å². The molecule has 1 N–H and O–H groups in total. The first-order valence-corrected chi connectivity index (χ1v) is 10.7. The minimum Gasteiger partial charge on any atom is -0.492 e. The van der Waals surface area contributed by atoms with Crippen LogP contribution in [0.25, 0.3) is 11.1 Å². The molecule has 0 bridgehead atoms. The fraction of sp³-hybridized carbons (Fsp3) is 0.333. The number of halogens is 1. The van der Waals surface area contributed by atoms with E-state index in [0.717, 1.165) is 54.4 Å². The number of amides is 1. The third kappa shape index (κ3) is 5.08. The van der Waals surface area contributed by atoms with Gasteiger partial charge in [0.05, 0.1) is 11.8 Å². The smallest absolute Gasteiger partial charge is 0.257 e. The summed E-state index contributed by atoms with van der Waals surface area (Å²) in [5, 5.41) is 2.81. The number of aromatic nitrogens is 3. The first-order chi connectivity index (χ1) is 15.5. The van der Waals surface area contributed by atoms with E-state index in [4.69, 9.17) is 4.74 Å². The quantitative estimate of drug-likeness (QED) is 0.604. The molecule has 0 saturated carbocycles. The number of nitrogens with one attached hydrogen (secondary N) is 1. The van der Waals surface area contributed by atoms with Crippen LogP contribution in [0.5, 0.6) is 5.75 Å². The summed E-state index contributed by atoms with van der Waals surface area (Å²) in [6.07, 6.45) is 6.39. The maximum Gasteiger partial charge on any atom is 0.257 e. The number of hydrogen-bond acceptors (Lipinski definition) is 6. The van der Waals surface area contributed by atoms with E-state index in [0.29, 0.717) is 18.0 Å². The number of carbonyl (C=O) groups excluding carboxylic acids is 1. The van der Waals surface area contributed by atoms with Gasteiger partial charge in [-0.15, -0.1) is 0 Å². The highest BCUT2D eigenvalue weighted by Crippen LogP contribution is 2.35. The second kappa shape index (κ2) is 9.82. The van der Waals surface area contributed by atoms with Crippen LogP contribution >= 0.6 is 0 Å². The highest BCUT2D eigenvalue weighted by Gasteiger charge is 2.17. The van der Waals surface area contributed by atoms with Crippen molar-refractivity contribution in [2.75, 3.05) is 31.6 Å².